The van der Waals surface area contributed by atoms with Crippen molar-refractivity contribution in [3.8, 4) is 5.75 Å². The molecule has 5 nitrogen and oxygen atoms in total. The third-order valence-corrected chi connectivity index (χ3v) is 4.78. The number of thiophene rings is 1. The number of thioether (sulfide) groups is 1. The molecule has 0 bridgehead atoms. The minimum Gasteiger partial charge on any atom is -0.421 e. The molecule has 1 aliphatic heterocycles. The SMILES string of the molecule is O=C1NC(=O)/C(=C/c2ccc(OC(=O)c3cccs3)c(Cl)c2)S1. The van der Waals surface area contributed by atoms with Gasteiger partial charge in [-0.3, -0.25) is 14.9 Å². The van der Waals surface area contributed by atoms with Crippen molar-refractivity contribution in [1.29, 1.82) is 0 Å². The second-order valence-corrected chi connectivity index (χ2v) is 6.78. The molecule has 8 heteroatoms. The number of carbonyl (C=O) groups is 3. The summed E-state index contributed by atoms with van der Waals surface area (Å²) >= 11 is 8.20. The first-order valence-electron chi connectivity index (χ1n) is 6.33. The van der Waals surface area contributed by atoms with E-state index in [0.717, 1.165) is 11.8 Å². The van der Waals surface area contributed by atoms with Crippen LogP contribution in [0.5, 0.6) is 5.75 Å². The number of amides is 2. The molecule has 0 saturated carbocycles. The van der Waals surface area contributed by atoms with Crippen molar-refractivity contribution in [1.82, 2.24) is 5.32 Å². The summed E-state index contributed by atoms with van der Waals surface area (Å²) in [5.41, 5.74) is 0.623. The Morgan fingerprint density at radius 1 is 1.26 bits per heavy atom. The van der Waals surface area contributed by atoms with Crippen molar-refractivity contribution in [3.05, 3.63) is 56.1 Å². The summed E-state index contributed by atoms with van der Waals surface area (Å²) < 4.78 is 5.23. The largest absolute Gasteiger partial charge is 0.421 e. The Morgan fingerprint density at radius 3 is 2.70 bits per heavy atom. The first kappa shape index (κ1) is 15.8. The van der Waals surface area contributed by atoms with Crippen molar-refractivity contribution in [2.24, 2.45) is 0 Å². The summed E-state index contributed by atoms with van der Waals surface area (Å²) in [6.07, 6.45) is 1.54. The van der Waals surface area contributed by atoms with E-state index in [9.17, 15) is 14.4 Å². The van der Waals surface area contributed by atoms with E-state index < -0.39 is 17.1 Å². The molecule has 0 aliphatic carbocycles. The predicted molar refractivity (Wildman–Crippen MR) is 89.8 cm³/mol. The van der Waals surface area contributed by atoms with Crippen molar-refractivity contribution >= 4 is 57.9 Å². The molecule has 116 valence electrons. The van der Waals surface area contributed by atoms with Crippen molar-refractivity contribution < 1.29 is 19.1 Å². The van der Waals surface area contributed by atoms with Crippen LogP contribution in [0.2, 0.25) is 5.02 Å². The average Bonchev–Trinajstić information content (AvgIpc) is 3.12. The maximum atomic E-state index is 11.9. The lowest BCUT2D eigenvalue weighted by Gasteiger charge is -2.06. The lowest BCUT2D eigenvalue weighted by molar-refractivity contribution is -0.115. The molecule has 1 aliphatic rings. The molecule has 0 spiro atoms. The molecule has 1 N–H and O–H groups in total. The van der Waals surface area contributed by atoms with Gasteiger partial charge >= 0.3 is 5.97 Å². The Hall–Kier alpha value is -2.09. The summed E-state index contributed by atoms with van der Waals surface area (Å²) in [6.45, 7) is 0. The summed E-state index contributed by atoms with van der Waals surface area (Å²) in [6, 6.07) is 8.16. The minimum absolute atomic E-state index is 0.229. The zero-order chi connectivity index (χ0) is 16.4. The Kier molecular flexibility index (Phi) is 4.51. The summed E-state index contributed by atoms with van der Waals surface area (Å²) in [7, 11) is 0. The van der Waals surface area contributed by atoms with E-state index >= 15 is 0 Å². The number of hydrogen-bond acceptors (Lipinski definition) is 6. The quantitative estimate of drug-likeness (QED) is 0.506. The number of nitrogens with one attached hydrogen (secondary N) is 1. The topological polar surface area (TPSA) is 72.5 Å². The smallest absolute Gasteiger partial charge is 0.353 e. The van der Waals surface area contributed by atoms with Crippen LogP contribution >= 0.6 is 34.7 Å². The molecule has 0 radical (unpaired) electrons. The third kappa shape index (κ3) is 3.64. The lowest BCUT2D eigenvalue weighted by atomic mass is 10.2. The number of benzene rings is 1. The molecule has 1 aromatic heterocycles. The molecular formula is C15H8ClNO4S2. The third-order valence-electron chi connectivity index (χ3n) is 2.82. The maximum absolute atomic E-state index is 11.9. The van der Waals surface area contributed by atoms with Crippen LogP contribution in [0.1, 0.15) is 15.2 Å². The monoisotopic (exact) mass is 365 g/mol. The standard InChI is InChI=1S/C15H8ClNO4S2/c16-9-6-8(7-12-13(18)17-15(20)23-12)3-4-10(9)21-14(19)11-2-1-5-22-11/h1-7H,(H,17,18,20)/b12-7-. The molecule has 2 heterocycles. The van der Waals surface area contributed by atoms with Crippen LogP contribution in [0.3, 0.4) is 0 Å². The van der Waals surface area contributed by atoms with Crippen LogP contribution in [-0.4, -0.2) is 17.1 Å². The molecule has 1 aromatic carbocycles. The fraction of sp³-hybridized carbons (Fsp3) is 0. The molecule has 23 heavy (non-hydrogen) atoms. The molecular weight excluding hydrogens is 358 g/mol. The normalized spacial score (nSPS) is 15.8. The second-order valence-electron chi connectivity index (χ2n) is 4.41. The van der Waals surface area contributed by atoms with Gasteiger partial charge in [0.15, 0.2) is 0 Å². The molecule has 1 fully saturated rings. The highest BCUT2D eigenvalue weighted by Crippen LogP contribution is 2.30. The van der Waals surface area contributed by atoms with Crippen LogP contribution in [0.15, 0.2) is 40.6 Å². The summed E-state index contributed by atoms with van der Waals surface area (Å²) in [4.78, 5) is 35.3. The van der Waals surface area contributed by atoms with Crippen molar-refractivity contribution in [2.45, 2.75) is 0 Å². The molecule has 0 unspecified atom stereocenters. The van der Waals surface area contributed by atoms with E-state index in [-0.39, 0.29) is 15.7 Å². The van der Waals surface area contributed by atoms with E-state index in [4.69, 9.17) is 16.3 Å². The van der Waals surface area contributed by atoms with Gasteiger partial charge in [0.25, 0.3) is 11.1 Å². The average molecular weight is 366 g/mol. The van der Waals surface area contributed by atoms with E-state index in [0.29, 0.717) is 10.4 Å². The van der Waals surface area contributed by atoms with Crippen LogP contribution in [0.4, 0.5) is 4.79 Å². The van der Waals surface area contributed by atoms with Gasteiger partial charge in [0.05, 0.1) is 9.93 Å². The Labute approximate surface area is 144 Å². The lowest BCUT2D eigenvalue weighted by Crippen LogP contribution is -2.17. The Balaban J connectivity index is 1.78. The number of hydrogen-bond donors (Lipinski definition) is 1. The van der Waals surface area contributed by atoms with Gasteiger partial charge in [0, 0.05) is 0 Å². The van der Waals surface area contributed by atoms with Gasteiger partial charge in [-0.05, 0) is 47.0 Å². The van der Waals surface area contributed by atoms with Gasteiger partial charge in [-0.25, -0.2) is 4.79 Å². The highest BCUT2D eigenvalue weighted by atomic mass is 35.5. The van der Waals surface area contributed by atoms with E-state index in [2.05, 4.69) is 5.32 Å². The Bertz CT molecular complexity index is 830. The van der Waals surface area contributed by atoms with E-state index in [1.54, 1.807) is 41.8 Å². The van der Waals surface area contributed by atoms with Crippen molar-refractivity contribution in [2.75, 3.05) is 0 Å². The van der Waals surface area contributed by atoms with Crippen LogP contribution in [-0.2, 0) is 4.79 Å². The first-order chi connectivity index (χ1) is 11.0. The zero-order valence-corrected chi connectivity index (χ0v) is 13.8. The number of carbonyl (C=O) groups excluding carboxylic acids is 3. The first-order valence-corrected chi connectivity index (χ1v) is 8.40. The van der Waals surface area contributed by atoms with Crippen molar-refractivity contribution in [3.63, 3.8) is 0 Å². The van der Waals surface area contributed by atoms with E-state index in [1.807, 2.05) is 0 Å². The van der Waals surface area contributed by atoms with E-state index in [1.165, 1.54) is 11.3 Å². The van der Waals surface area contributed by atoms with Gasteiger partial charge in [-0.1, -0.05) is 23.7 Å². The van der Waals surface area contributed by atoms with Crippen LogP contribution < -0.4 is 10.1 Å². The molecule has 3 rings (SSSR count). The Morgan fingerprint density at radius 2 is 2.09 bits per heavy atom. The fourth-order valence-corrected chi connectivity index (χ4v) is 3.32. The van der Waals surface area contributed by atoms with Gasteiger partial charge in [-0.2, -0.15) is 0 Å². The molecule has 0 atom stereocenters. The molecule has 2 aromatic rings. The van der Waals surface area contributed by atoms with Crippen LogP contribution in [0, 0.1) is 0 Å². The highest BCUT2D eigenvalue weighted by molar-refractivity contribution is 8.18. The zero-order valence-electron chi connectivity index (χ0n) is 11.4. The number of ether oxygens (including phenoxy) is 1. The minimum atomic E-state index is -0.482. The predicted octanol–water partition coefficient (Wildman–Crippen LogP) is 3.94. The van der Waals surface area contributed by atoms with Crippen LogP contribution in [0.25, 0.3) is 6.08 Å². The summed E-state index contributed by atoms with van der Waals surface area (Å²) in [5, 5.41) is 3.77. The van der Waals surface area contributed by atoms with Gasteiger partial charge in [-0.15, -0.1) is 11.3 Å². The maximum Gasteiger partial charge on any atom is 0.353 e. The number of rotatable bonds is 3. The summed E-state index contributed by atoms with van der Waals surface area (Å²) in [5.74, 6) is -0.694. The number of esters is 1. The molecule has 1 saturated heterocycles. The molecule has 2 amide bonds. The highest BCUT2D eigenvalue weighted by Gasteiger charge is 2.25. The fourth-order valence-electron chi connectivity index (χ4n) is 1.81. The van der Waals surface area contributed by atoms with Gasteiger partial charge in [0.1, 0.15) is 10.6 Å². The number of imide groups is 1. The second kappa shape index (κ2) is 6.57. The number of halogens is 1. The van der Waals surface area contributed by atoms with Gasteiger partial charge in [0.2, 0.25) is 0 Å². The van der Waals surface area contributed by atoms with Gasteiger partial charge < -0.3 is 4.74 Å².